The fraction of sp³-hybridized carbons (Fsp3) is 0.435. The first kappa shape index (κ1) is 20.3. The molecule has 0 N–H and O–H groups in total. The monoisotopic (exact) mass is 439 g/mol. The van der Waals surface area contributed by atoms with Crippen LogP contribution in [0.15, 0.2) is 41.5 Å². The van der Waals surface area contributed by atoms with Crippen molar-refractivity contribution in [1.82, 2.24) is 9.88 Å². The molecule has 1 aromatic carbocycles. The van der Waals surface area contributed by atoms with Gasteiger partial charge < -0.3 is 9.64 Å². The van der Waals surface area contributed by atoms with Crippen LogP contribution in [-0.2, 0) is 11.3 Å². The molecule has 3 aliphatic heterocycles. The molecule has 162 valence electrons. The first-order valence-electron chi connectivity index (χ1n) is 10.9. The molecular formula is C23H26ClN5O2. The van der Waals surface area contributed by atoms with Gasteiger partial charge in [-0.25, -0.2) is 9.78 Å². The lowest BCUT2D eigenvalue weighted by Crippen LogP contribution is -2.57. The van der Waals surface area contributed by atoms with Crippen LogP contribution in [0.2, 0.25) is 5.02 Å². The summed E-state index contributed by atoms with van der Waals surface area (Å²) in [4.78, 5) is 29.2. The van der Waals surface area contributed by atoms with Crippen LogP contribution in [0.25, 0.3) is 0 Å². The van der Waals surface area contributed by atoms with Crippen LogP contribution < -0.4 is 9.80 Å². The molecule has 2 amide bonds. The van der Waals surface area contributed by atoms with Gasteiger partial charge >= 0.3 is 6.03 Å². The number of urea groups is 1. The summed E-state index contributed by atoms with van der Waals surface area (Å²) >= 11 is 6.07. The lowest BCUT2D eigenvalue weighted by molar-refractivity contribution is 0.122. The SMILES string of the molecule is CCC1CCN=C2c3ncc(N4CCOCC4)cc3N(Cc3ccc(Cl)cc3)C(=O)N21. The maximum atomic E-state index is 13.7. The minimum Gasteiger partial charge on any atom is -0.378 e. The number of anilines is 2. The number of morpholine rings is 1. The zero-order valence-corrected chi connectivity index (χ0v) is 18.4. The van der Waals surface area contributed by atoms with Crippen molar-refractivity contribution in [3.63, 3.8) is 0 Å². The van der Waals surface area contributed by atoms with Crippen molar-refractivity contribution < 1.29 is 9.53 Å². The van der Waals surface area contributed by atoms with Crippen LogP contribution in [-0.4, -0.2) is 60.6 Å². The Kier molecular flexibility index (Phi) is 5.54. The number of hydrogen-bond acceptors (Lipinski definition) is 5. The lowest BCUT2D eigenvalue weighted by Gasteiger charge is -2.43. The van der Waals surface area contributed by atoms with Crippen LogP contribution in [0.1, 0.15) is 31.0 Å². The number of aromatic nitrogens is 1. The first-order valence-corrected chi connectivity index (χ1v) is 11.3. The summed E-state index contributed by atoms with van der Waals surface area (Å²) in [5.41, 5.74) is 3.62. The Morgan fingerprint density at radius 1 is 1.19 bits per heavy atom. The molecule has 1 unspecified atom stereocenters. The van der Waals surface area contributed by atoms with Crippen molar-refractivity contribution in [3.05, 3.63) is 52.8 Å². The van der Waals surface area contributed by atoms with Gasteiger partial charge in [0.1, 0.15) is 5.69 Å². The highest BCUT2D eigenvalue weighted by molar-refractivity contribution is 6.30. The summed E-state index contributed by atoms with van der Waals surface area (Å²) in [6.07, 6.45) is 3.67. The predicted octanol–water partition coefficient (Wildman–Crippen LogP) is 3.94. The summed E-state index contributed by atoms with van der Waals surface area (Å²) in [5.74, 6) is 0.707. The zero-order chi connectivity index (χ0) is 21.4. The number of carbonyl (C=O) groups is 1. The highest BCUT2D eigenvalue weighted by atomic mass is 35.5. The van der Waals surface area contributed by atoms with Gasteiger partial charge in [0.15, 0.2) is 5.84 Å². The molecule has 0 radical (unpaired) electrons. The summed E-state index contributed by atoms with van der Waals surface area (Å²) in [5, 5.41) is 0.682. The van der Waals surface area contributed by atoms with E-state index in [4.69, 9.17) is 26.3 Å². The second-order valence-electron chi connectivity index (χ2n) is 8.08. The Morgan fingerprint density at radius 2 is 1.97 bits per heavy atom. The second kappa shape index (κ2) is 8.48. The predicted molar refractivity (Wildman–Crippen MR) is 122 cm³/mol. The Labute approximate surface area is 187 Å². The molecule has 0 aliphatic carbocycles. The number of benzene rings is 1. The summed E-state index contributed by atoms with van der Waals surface area (Å²) in [6, 6.07) is 9.83. The molecule has 8 heteroatoms. The molecule has 1 saturated heterocycles. The Morgan fingerprint density at radius 3 is 2.71 bits per heavy atom. The van der Waals surface area contributed by atoms with E-state index in [1.807, 2.05) is 40.3 Å². The van der Waals surface area contributed by atoms with E-state index < -0.39 is 0 Å². The number of hydrogen-bond donors (Lipinski definition) is 0. The van der Waals surface area contributed by atoms with Crippen LogP contribution in [0, 0.1) is 0 Å². The molecule has 1 aromatic heterocycles. The van der Waals surface area contributed by atoms with Gasteiger partial charge in [-0.05, 0) is 36.6 Å². The number of halogens is 1. The van der Waals surface area contributed by atoms with Gasteiger partial charge in [0, 0.05) is 30.7 Å². The number of rotatable bonds is 4. The highest BCUT2D eigenvalue weighted by Crippen LogP contribution is 2.35. The summed E-state index contributed by atoms with van der Waals surface area (Å²) in [6.45, 7) is 6.33. The van der Waals surface area contributed by atoms with Crippen LogP contribution in [0.5, 0.6) is 0 Å². The van der Waals surface area contributed by atoms with Crippen molar-refractivity contribution in [2.75, 3.05) is 42.6 Å². The van der Waals surface area contributed by atoms with E-state index >= 15 is 0 Å². The minimum atomic E-state index is -0.0336. The molecule has 2 aromatic rings. The first-order chi connectivity index (χ1) is 15.2. The Balaban J connectivity index is 1.58. The second-order valence-corrected chi connectivity index (χ2v) is 8.52. The Bertz CT molecular complexity index is 1000. The molecule has 3 aliphatic rings. The smallest absolute Gasteiger partial charge is 0.330 e. The highest BCUT2D eigenvalue weighted by Gasteiger charge is 2.41. The van der Waals surface area contributed by atoms with Gasteiger partial charge in [-0.2, -0.15) is 0 Å². The fourth-order valence-electron chi connectivity index (χ4n) is 4.49. The molecule has 7 nitrogen and oxygen atoms in total. The van der Waals surface area contributed by atoms with Gasteiger partial charge in [-0.1, -0.05) is 30.7 Å². The molecule has 0 bridgehead atoms. The van der Waals surface area contributed by atoms with Crippen molar-refractivity contribution in [1.29, 1.82) is 0 Å². The number of aliphatic imine (C=N–C) groups is 1. The van der Waals surface area contributed by atoms with Gasteiger partial charge in [-0.15, -0.1) is 0 Å². The molecule has 4 heterocycles. The molecule has 31 heavy (non-hydrogen) atoms. The van der Waals surface area contributed by atoms with Crippen molar-refractivity contribution >= 4 is 34.8 Å². The van der Waals surface area contributed by atoms with E-state index in [0.29, 0.717) is 30.6 Å². The van der Waals surface area contributed by atoms with Gasteiger partial charge in [-0.3, -0.25) is 14.8 Å². The van der Waals surface area contributed by atoms with Crippen molar-refractivity contribution in [2.24, 2.45) is 4.99 Å². The van der Waals surface area contributed by atoms with E-state index in [1.54, 1.807) is 0 Å². The number of nitrogens with zero attached hydrogens (tertiary/aromatic N) is 5. The van der Waals surface area contributed by atoms with Crippen molar-refractivity contribution in [3.8, 4) is 0 Å². The largest absolute Gasteiger partial charge is 0.378 e. The maximum Gasteiger partial charge on any atom is 0.330 e. The van der Waals surface area contributed by atoms with Gasteiger partial charge in [0.25, 0.3) is 0 Å². The van der Waals surface area contributed by atoms with Crippen LogP contribution in [0.3, 0.4) is 0 Å². The summed E-state index contributed by atoms with van der Waals surface area (Å²) in [7, 11) is 0. The summed E-state index contributed by atoms with van der Waals surface area (Å²) < 4.78 is 5.49. The Hall–Kier alpha value is -2.64. The van der Waals surface area contributed by atoms with E-state index in [0.717, 1.165) is 55.1 Å². The van der Waals surface area contributed by atoms with Gasteiger partial charge in [0.2, 0.25) is 0 Å². The molecule has 1 atom stereocenters. The van der Waals surface area contributed by atoms with E-state index in [9.17, 15) is 4.79 Å². The number of pyridine rings is 1. The van der Waals surface area contributed by atoms with Crippen molar-refractivity contribution in [2.45, 2.75) is 32.4 Å². The number of fused-ring (bicyclic) bond motifs is 3. The molecular weight excluding hydrogens is 414 g/mol. The average Bonchev–Trinajstić information content (AvgIpc) is 2.82. The maximum absolute atomic E-state index is 13.7. The quantitative estimate of drug-likeness (QED) is 0.723. The topological polar surface area (TPSA) is 61.3 Å². The number of carbonyl (C=O) groups excluding carboxylic acids is 1. The zero-order valence-electron chi connectivity index (χ0n) is 17.6. The van der Waals surface area contributed by atoms with Gasteiger partial charge in [0.05, 0.1) is 37.3 Å². The van der Waals surface area contributed by atoms with Crippen LogP contribution in [0.4, 0.5) is 16.2 Å². The minimum absolute atomic E-state index is 0.0336. The van der Waals surface area contributed by atoms with E-state index in [2.05, 4.69) is 17.9 Å². The normalized spacial score (nSPS) is 21.0. The number of amides is 2. The average molecular weight is 440 g/mol. The third-order valence-electron chi connectivity index (χ3n) is 6.21. The third-order valence-corrected chi connectivity index (χ3v) is 6.46. The molecule has 5 rings (SSSR count). The molecule has 0 saturated carbocycles. The molecule has 0 spiro atoms. The van der Waals surface area contributed by atoms with Crippen LogP contribution >= 0.6 is 11.6 Å². The number of amidine groups is 1. The van der Waals surface area contributed by atoms with E-state index in [1.165, 1.54) is 0 Å². The van der Waals surface area contributed by atoms with E-state index in [-0.39, 0.29) is 12.1 Å². The number of ether oxygens (including phenoxy) is 1. The lowest BCUT2D eigenvalue weighted by atomic mass is 10.0. The fourth-order valence-corrected chi connectivity index (χ4v) is 4.62. The third kappa shape index (κ3) is 3.77. The standard InChI is InChI=1S/C23H26ClN5O2/c1-2-18-7-8-25-22-21-20(13-19(14-26-21)27-9-11-31-12-10-27)28(23(30)29(18)22)15-16-3-5-17(24)6-4-16/h3-6,13-14,18H,2,7-12,15H2,1H3. The molecule has 1 fully saturated rings.